The third kappa shape index (κ3) is 4.65. The molecule has 1 fully saturated rings. The number of benzene rings is 2. The molecule has 0 amide bonds. The second-order valence-corrected chi connectivity index (χ2v) is 9.72. The highest BCUT2D eigenvalue weighted by Crippen LogP contribution is 2.26. The summed E-state index contributed by atoms with van der Waals surface area (Å²) in [5, 5.41) is 0. The molecule has 2 aromatic heterocycles. The normalized spacial score (nSPS) is 15.0. The van der Waals surface area contributed by atoms with E-state index in [2.05, 4.69) is 14.6 Å². The van der Waals surface area contributed by atoms with E-state index in [0.29, 0.717) is 18.8 Å². The molecule has 2 aromatic carbocycles. The van der Waals surface area contributed by atoms with E-state index in [1.54, 1.807) is 12.1 Å². The van der Waals surface area contributed by atoms with Gasteiger partial charge in [-0.3, -0.25) is 9.62 Å². The monoisotopic (exact) mass is 484 g/mol. The lowest BCUT2D eigenvalue weighted by Crippen LogP contribution is -2.35. The number of pyridine rings is 1. The van der Waals surface area contributed by atoms with E-state index >= 15 is 0 Å². The molecule has 0 bridgehead atoms. The van der Waals surface area contributed by atoms with Crippen LogP contribution in [0.3, 0.4) is 0 Å². The van der Waals surface area contributed by atoms with Gasteiger partial charge in [0.25, 0.3) is 10.0 Å². The topological polar surface area (TPSA) is 75.9 Å². The van der Waals surface area contributed by atoms with E-state index < -0.39 is 27.3 Å². The van der Waals surface area contributed by atoms with Gasteiger partial charge in [-0.15, -0.1) is 0 Å². The van der Waals surface area contributed by atoms with E-state index in [-0.39, 0.29) is 4.90 Å². The lowest BCUT2D eigenvalue weighted by Gasteiger charge is -2.26. The number of nitrogens with zero attached hydrogens (tertiary/aromatic N) is 3. The highest BCUT2D eigenvalue weighted by molar-refractivity contribution is 7.92. The maximum Gasteiger partial charge on any atom is 0.262 e. The molecule has 4 aromatic rings. The van der Waals surface area contributed by atoms with Crippen molar-refractivity contribution in [2.45, 2.75) is 11.4 Å². The SMILES string of the molecule is O=S(=O)(Nc1cc(F)ccc1F)c1cccc(-c2ccc3ncc(CN4CCOCC4)n3c2)c1. The summed E-state index contributed by atoms with van der Waals surface area (Å²) >= 11 is 0. The Kier molecular flexibility index (Phi) is 6.03. The molecule has 3 heterocycles. The van der Waals surface area contributed by atoms with Gasteiger partial charge < -0.3 is 9.14 Å². The van der Waals surface area contributed by atoms with Crippen LogP contribution < -0.4 is 4.72 Å². The summed E-state index contributed by atoms with van der Waals surface area (Å²) in [5.74, 6) is -1.60. The van der Waals surface area contributed by atoms with Crippen molar-refractivity contribution in [3.8, 4) is 11.1 Å². The average Bonchev–Trinajstić information content (AvgIpc) is 3.24. The third-order valence-electron chi connectivity index (χ3n) is 5.72. The smallest absolute Gasteiger partial charge is 0.262 e. The van der Waals surface area contributed by atoms with Crippen molar-refractivity contribution in [3.63, 3.8) is 0 Å². The molecule has 1 aliphatic rings. The van der Waals surface area contributed by atoms with E-state index in [4.69, 9.17) is 4.74 Å². The number of hydrogen-bond acceptors (Lipinski definition) is 5. The third-order valence-corrected chi connectivity index (χ3v) is 7.09. The van der Waals surface area contributed by atoms with Crippen LogP contribution in [0, 0.1) is 11.6 Å². The first-order valence-corrected chi connectivity index (χ1v) is 12.2. The van der Waals surface area contributed by atoms with Crippen LogP contribution in [0.5, 0.6) is 0 Å². The van der Waals surface area contributed by atoms with Crippen LogP contribution >= 0.6 is 0 Å². The summed E-state index contributed by atoms with van der Waals surface area (Å²) in [6.07, 6.45) is 3.76. The Morgan fingerprint density at radius 3 is 2.65 bits per heavy atom. The Morgan fingerprint density at radius 1 is 1.00 bits per heavy atom. The van der Waals surface area contributed by atoms with Crippen LogP contribution in [0.1, 0.15) is 5.69 Å². The van der Waals surface area contributed by atoms with Crippen LogP contribution in [0.15, 0.2) is 71.9 Å². The largest absolute Gasteiger partial charge is 0.379 e. The average molecular weight is 485 g/mol. The van der Waals surface area contributed by atoms with Crippen molar-refractivity contribution < 1.29 is 21.9 Å². The Balaban J connectivity index is 1.45. The molecular formula is C24H22F2N4O3S. The molecular weight excluding hydrogens is 462 g/mol. The first-order valence-electron chi connectivity index (χ1n) is 10.7. The summed E-state index contributed by atoms with van der Waals surface area (Å²) in [6.45, 7) is 3.84. The van der Waals surface area contributed by atoms with Crippen molar-refractivity contribution in [2.24, 2.45) is 0 Å². The standard InChI is InChI=1S/C24H22F2N4O3S/c25-19-5-6-22(26)23(13-19)28-34(31,32)21-3-1-2-17(12-21)18-4-7-24-27-14-20(30(24)15-18)16-29-8-10-33-11-9-29/h1-7,12-15,28H,8-11,16H2. The molecule has 0 atom stereocenters. The quantitative estimate of drug-likeness (QED) is 0.449. The molecule has 0 spiro atoms. The fourth-order valence-corrected chi connectivity index (χ4v) is 5.03. The number of rotatable bonds is 6. The molecule has 1 aliphatic heterocycles. The van der Waals surface area contributed by atoms with Gasteiger partial charge in [0.15, 0.2) is 0 Å². The van der Waals surface area contributed by atoms with Crippen molar-refractivity contribution in [2.75, 3.05) is 31.0 Å². The number of ether oxygens (including phenoxy) is 1. The van der Waals surface area contributed by atoms with Gasteiger partial charge in [-0.05, 0) is 47.5 Å². The van der Waals surface area contributed by atoms with Gasteiger partial charge in [-0.1, -0.05) is 12.1 Å². The minimum absolute atomic E-state index is 0.0621. The van der Waals surface area contributed by atoms with Crippen LogP contribution in [0.4, 0.5) is 14.5 Å². The Labute approximate surface area is 195 Å². The lowest BCUT2D eigenvalue weighted by molar-refractivity contribution is 0.0335. The summed E-state index contributed by atoms with van der Waals surface area (Å²) in [4.78, 5) is 6.70. The van der Waals surface area contributed by atoms with Crippen molar-refractivity contribution in [3.05, 3.63) is 84.3 Å². The Bertz CT molecular complexity index is 1450. The number of sulfonamides is 1. The molecule has 34 heavy (non-hydrogen) atoms. The van der Waals surface area contributed by atoms with Crippen molar-refractivity contribution >= 4 is 21.4 Å². The van der Waals surface area contributed by atoms with Gasteiger partial charge in [-0.25, -0.2) is 22.2 Å². The van der Waals surface area contributed by atoms with Gasteiger partial charge in [0.2, 0.25) is 0 Å². The highest BCUT2D eigenvalue weighted by Gasteiger charge is 2.18. The highest BCUT2D eigenvalue weighted by atomic mass is 32.2. The number of fused-ring (bicyclic) bond motifs is 1. The zero-order chi connectivity index (χ0) is 23.7. The van der Waals surface area contributed by atoms with Gasteiger partial charge in [0, 0.05) is 31.9 Å². The Morgan fingerprint density at radius 2 is 1.82 bits per heavy atom. The zero-order valence-corrected chi connectivity index (χ0v) is 18.9. The minimum atomic E-state index is -4.14. The molecule has 176 valence electrons. The summed E-state index contributed by atoms with van der Waals surface area (Å²) in [7, 11) is -4.14. The summed E-state index contributed by atoms with van der Waals surface area (Å²) in [6, 6.07) is 12.7. The molecule has 5 rings (SSSR count). The molecule has 0 unspecified atom stereocenters. The molecule has 7 nitrogen and oxygen atoms in total. The number of hydrogen-bond donors (Lipinski definition) is 1. The van der Waals surface area contributed by atoms with Crippen LogP contribution in [-0.4, -0.2) is 49.0 Å². The van der Waals surface area contributed by atoms with Crippen molar-refractivity contribution in [1.82, 2.24) is 14.3 Å². The van der Waals surface area contributed by atoms with Gasteiger partial charge in [-0.2, -0.15) is 0 Å². The second kappa shape index (κ2) is 9.13. The predicted octanol–water partition coefficient (Wildman–Crippen LogP) is 3.91. The molecule has 0 saturated carbocycles. The Hall–Kier alpha value is -3.34. The van der Waals surface area contributed by atoms with Crippen LogP contribution in [0.2, 0.25) is 0 Å². The van der Waals surface area contributed by atoms with Gasteiger partial charge in [0.1, 0.15) is 17.3 Å². The van der Waals surface area contributed by atoms with Crippen LogP contribution in [-0.2, 0) is 21.3 Å². The number of morpholine rings is 1. The first kappa shape index (κ1) is 22.5. The zero-order valence-electron chi connectivity index (χ0n) is 18.1. The molecule has 0 aliphatic carbocycles. The number of halogens is 2. The first-order chi connectivity index (χ1) is 16.4. The van der Waals surface area contributed by atoms with E-state index in [0.717, 1.165) is 54.7 Å². The number of aromatic nitrogens is 2. The summed E-state index contributed by atoms with van der Waals surface area (Å²) in [5.41, 5.74) is 2.82. The number of imidazole rings is 1. The molecule has 0 radical (unpaired) electrons. The number of anilines is 1. The predicted molar refractivity (Wildman–Crippen MR) is 124 cm³/mol. The number of nitrogens with one attached hydrogen (secondary N) is 1. The molecule has 1 N–H and O–H groups in total. The van der Waals surface area contributed by atoms with Crippen LogP contribution in [0.25, 0.3) is 16.8 Å². The maximum atomic E-state index is 14.0. The minimum Gasteiger partial charge on any atom is -0.379 e. The van der Waals surface area contributed by atoms with Crippen molar-refractivity contribution in [1.29, 1.82) is 0 Å². The second-order valence-electron chi connectivity index (χ2n) is 8.04. The maximum absolute atomic E-state index is 14.0. The molecule has 1 saturated heterocycles. The fourth-order valence-electron chi connectivity index (χ4n) is 3.93. The summed E-state index contributed by atoms with van der Waals surface area (Å²) < 4.78 is 62.7. The van der Waals surface area contributed by atoms with E-state index in [1.165, 1.54) is 12.1 Å². The van der Waals surface area contributed by atoms with E-state index in [9.17, 15) is 17.2 Å². The lowest BCUT2D eigenvalue weighted by atomic mass is 10.1. The van der Waals surface area contributed by atoms with Gasteiger partial charge in [0.05, 0.1) is 35.7 Å². The van der Waals surface area contributed by atoms with E-state index in [1.807, 2.05) is 28.9 Å². The molecule has 10 heteroatoms. The van der Waals surface area contributed by atoms with Gasteiger partial charge >= 0.3 is 0 Å². The fraction of sp³-hybridized carbons (Fsp3) is 0.208.